The zero-order chi connectivity index (χ0) is 20.4. The number of amides is 4. The summed E-state index contributed by atoms with van der Waals surface area (Å²) in [6.45, 7) is 8.67. The predicted octanol–water partition coefficient (Wildman–Crippen LogP) is 3.27. The van der Waals surface area contributed by atoms with E-state index in [1.807, 2.05) is 63.4 Å². The van der Waals surface area contributed by atoms with E-state index in [0.29, 0.717) is 13.1 Å². The van der Waals surface area contributed by atoms with Gasteiger partial charge < -0.3 is 9.80 Å². The summed E-state index contributed by atoms with van der Waals surface area (Å²) in [5.74, 6) is -0.140. The number of aryl methyl sites for hydroxylation is 1. The average molecular weight is 402 g/mol. The number of carbonyl (C=O) groups excluding carboxylic acids is 3. The molecule has 1 fully saturated rings. The van der Waals surface area contributed by atoms with E-state index in [1.54, 1.807) is 9.80 Å². The number of rotatable bonds is 6. The van der Waals surface area contributed by atoms with E-state index in [4.69, 9.17) is 0 Å². The summed E-state index contributed by atoms with van der Waals surface area (Å²) >= 11 is 1.42. The smallest absolute Gasteiger partial charge is 0.311 e. The fourth-order valence-corrected chi connectivity index (χ4v) is 4.69. The zero-order valence-electron chi connectivity index (χ0n) is 16.8. The summed E-state index contributed by atoms with van der Waals surface area (Å²) in [6, 6.07) is 7.02. The predicted molar refractivity (Wildman–Crippen MR) is 112 cm³/mol. The highest BCUT2D eigenvalue weighted by Gasteiger charge is 2.47. The number of hydrogen-bond acceptors (Lipinski definition) is 4. The maximum Gasteiger partial charge on any atom is 0.327 e. The minimum Gasteiger partial charge on any atom is -0.311 e. The van der Waals surface area contributed by atoms with Gasteiger partial charge in [0, 0.05) is 18.8 Å². The Balaban J connectivity index is 1.84. The number of hydrogen-bond donors (Lipinski definition) is 0. The topological polar surface area (TPSA) is 60.9 Å². The van der Waals surface area contributed by atoms with Gasteiger partial charge in [-0.05, 0) is 42.9 Å². The molecule has 2 heterocycles. The third-order valence-electron chi connectivity index (χ3n) is 4.94. The molecule has 0 aromatic heterocycles. The number of fused-ring (bicyclic) bond motifs is 1. The van der Waals surface area contributed by atoms with Crippen LogP contribution in [-0.4, -0.2) is 58.6 Å². The van der Waals surface area contributed by atoms with Crippen molar-refractivity contribution in [2.45, 2.75) is 39.0 Å². The van der Waals surface area contributed by atoms with Crippen LogP contribution in [0.1, 0.15) is 26.3 Å². The summed E-state index contributed by atoms with van der Waals surface area (Å²) in [7, 11) is 0. The van der Waals surface area contributed by atoms with Crippen molar-refractivity contribution < 1.29 is 14.4 Å². The molecule has 0 spiro atoms. The number of imide groups is 1. The maximum absolute atomic E-state index is 13.1. The van der Waals surface area contributed by atoms with Crippen molar-refractivity contribution in [3.63, 3.8) is 0 Å². The molecule has 6 nitrogen and oxygen atoms in total. The first-order chi connectivity index (χ1) is 13.3. The number of thioether (sulfide) groups is 1. The molecule has 0 saturated carbocycles. The van der Waals surface area contributed by atoms with Crippen LogP contribution >= 0.6 is 11.8 Å². The third kappa shape index (κ3) is 3.94. The molecule has 1 aromatic rings. The van der Waals surface area contributed by atoms with E-state index in [2.05, 4.69) is 0 Å². The highest BCUT2D eigenvalue weighted by molar-refractivity contribution is 8.03. The summed E-state index contributed by atoms with van der Waals surface area (Å²) in [4.78, 5) is 43.5. The second-order valence-corrected chi connectivity index (χ2v) is 8.66. The molecule has 1 aromatic carbocycles. The summed E-state index contributed by atoms with van der Waals surface area (Å²) in [5.41, 5.74) is 1.89. The van der Waals surface area contributed by atoms with Gasteiger partial charge in [0.25, 0.3) is 0 Å². The molecule has 150 valence electrons. The van der Waals surface area contributed by atoms with Crippen molar-refractivity contribution in [3.8, 4) is 0 Å². The monoisotopic (exact) mass is 401 g/mol. The summed E-state index contributed by atoms with van der Waals surface area (Å²) in [6.07, 6.45) is 1.86. The van der Waals surface area contributed by atoms with E-state index >= 15 is 0 Å². The highest BCUT2D eigenvalue weighted by atomic mass is 32.2. The minimum atomic E-state index is -0.374. The molecule has 28 heavy (non-hydrogen) atoms. The Bertz CT molecular complexity index is 808. The Hall–Kier alpha value is -2.28. The molecule has 2 unspecified atom stereocenters. The SMILES string of the molecule is CCN(C(=O)CN1C(=O)N(CC(C)C)C(=O)C2SC=CC21)c1cccc(C)c1. The molecule has 3 rings (SSSR count). The molecule has 0 aliphatic carbocycles. The van der Waals surface area contributed by atoms with E-state index in [0.717, 1.165) is 11.3 Å². The maximum atomic E-state index is 13.1. The van der Waals surface area contributed by atoms with Crippen molar-refractivity contribution in [1.82, 2.24) is 9.80 Å². The van der Waals surface area contributed by atoms with Crippen LogP contribution < -0.4 is 4.90 Å². The fourth-order valence-electron chi connectivity index (χ4n) is 3.63. The third-order valence-corrected chi connectivity index (χ3v) is 6.03. The van der Waals surface area contributed by atoms with Crippen LogP contribution in [0.3, 0.4) is 0 Å². The van der Waals surface area contributed by atoms with Crippen molar-refractivity contribution >= 4 is 35.3 Å². The molecule has 7 heteroatoms. The Labute approximate surface area is 170 Å². The van der Waals surface area contributed by atoms with Crippen LogP contribution in [-0.2, 0) is 9.59 Å². The lowest BCUT2D eigenvalue weighted by atomic mass is 10.1. The number of anilines is 1. The number of nitrogens with zero attached hydrogens (tertiary/aromatic N) is 3. The van der Waals surface area contributed by atoms with E-state index in [-0.39, 0.29) is 41.6 Å². The van der Waals surface area contributed by atoms with Gasteiger partial charge in [0.2, 0.25) is 11.8 Å². The first kappa shape index (κ1) is 20.5. The lowest BCUT2D eigenvalue weighted by molar-refractivity contribution is -0.133. The second-order valence-electron chi connectivity index (χ2n) is 7.61. The lowest BCUT2D eigenvalue weighted by Crippen LogP contribution is -2.63. The molecule has 0 radical (unpaired) electrons. The number of carbonyl (C=O) groups is 3. The van der Waals surface area contributed by atoms with Gasteiger partial charge in [-0.3, -0.25) is 14.5 Å². The normalized spacial score (nSPS) is 21.5. The molecular formula is C21H27N3O3S. The average Bonchev–Trinajstić information content (AvgIpc) is 3.12. The Morgan fingerprint density at radius 1 is 1.29 bits per heavy atom. The van der Waals surface area contributed by atoms with E-state index in [1.165, 1.54) is 16.7 Å². The summed E-state index contributed by atoms with van der Waals surface area (Å²) in [5, 5.41) is 1.49. The van der Waals surface area contributed by atoms with Gasteiger partial charge in [-0.15, -0.1) is 11.8 Å². The van der Waals surface area contributed by atoms with Gasteiger partial charge in [-0.2, -0.15) is 0 Å². The molecule has 4 amide bonds. The lowest BCUT2D eigenvalue weighted by Gasteiger charge is -2.42. The first-order valence-electron chi connectivity index (χ1n) is 9.64. The molecule has 1 saturated heterocycles. The van der Waals surface area contributed by atoms with Gasteiger partial charge >= 0.3 is 6.03 Å². The molecule has 0 bridgehead atoms. The molecule has 2 atom stereocenters. The van der Waals surface area contributed by atoms with Gasteiger partial charge in [0.1, 0.15) is 11.8 Å². The molecule has 0 N–H and O–H groups in total. The molecular weight excluding hydrogens is 374 g/mol. The van der Waals surface area contributed by atoms with Crippen molar-refractivity contribution in [3.05, 3.63) is 41.3 Å². The standard InChI is InChI=1S/C21H27N3O3S/c1-5-22(16-8-6-7-15(4)11-16)18(25)13-23-17-9-10-28-19(17)20(26)24(21(23)27)12-14(2)3/h6-11,14,17,19H,5,12-13H2,1-4H3. The Morgan fingerprint density at radius 3 is 2.68 bits per heavy atom. The van der Waals surface area contributed by atoms with Gasteiger partial charge in [-0.25, -0.2) is 4.79 Å². The van der Waals surface area contributed by atoms with Gasteiger partial charge in [0.15, 0.2) is 0 Å². The van der Waals surface area contributed by atoms with Gasteiger partial charge in [-0.1, -0.05) is 32.1 Å². The van der Waals surface area contributed by atoms with Crippen LogP contribution in [0.4, 0.5) is 10.5 Å². The van der Waals surface area contributed by atoms with Crippen molar-refractivity contribution in [2.75, 3.05) is 24.5 Å². The number of likely N-dealkylation sites (N-methyl/N-ethyl adjacent to an activating group) is 1. The Kier molecular flexibility index (Phi) is 6.13. The molecule has 2 aliphatic rings. The quantitative estimate of drug-likeness (QED) is 0.734. The highest BCUT2D eigenvalue weighted by Crippen LogP contribution is 2.34. The van der Waals surface area contributed by atoms with Crippen LogP contribution in [0, 0.1) is 12.8 Å². The second kappa shape index (κ2) is 8.39. The minimum absolute atomic E-state index is 0.0471. The number of benzene rings is 1. The summed E-state index contributed by atoms with van der Waals surface area (Å²) < 4.78 is 0. The Morgan fingerprint density at radius 2 is 2.04 bits per heavy atom. The van der Waals surface area contributed by atoms with Crippen molar-refractivity contribution in [2.24, 2.45) is 5.92 Å². The zero-order valence-corrected chi connectivity index (χ0v) is 17.6. The van der Waals surface area contributed by atoms with Crippen LogP contribution in [0.25, 0.3) is 0 Å². The van der Waals surface area contributed by atoms with Crippen LogP contribution in [0.2, 0.25) is 0 Å². The largest absolute Gasteiger partial charge is 0.327 e. The van der Waals surface area contributed by atoms with Gasteiger partial charge in [0.05, 0.1) is 6.04 Å². The van der Waals surface area contributed by atoms with Crippen LogP contribution in [0.15, 0.2) is 35.7 Å². The first-order valence-corrected chi connectivity index (χ1v) is 10.6. The van der Waals surface area contributed by atoms with Crippen LogP contribution in [0.5, 0.6) is 0 Å². The van der Waals surface area contributed by atoms with Crippen molar-refractivity contribution in [1.29, 1.82) is 0 Å². The van der Waals surface area contributed by atoms with E-state index < -0.39 is 0 Å². The molecule has 2 aliphatic heterocycles. The van der Waals surface area contributed by atoms with E-state index in [9.17, 15) is 14.4 Å². The number of urea groups is 1. The fraction of sp³-hybridized carbons (Fsp3) is 0.476.